The average Bonchev–Trinajstić information content (AvgIpc) is 2.58. The van der Waals surface area contributed by atoms with E-state index < -0.39 is 5.91 Å². The van der Waals surface area contributed by atoms with E-state index in [4.69, 9.17) is 32.7 Å². The molecule has 0 aromatic heterocycles. The van der Waals surface area contributed by atoms with Crippen LogP contribution in [0.1, 0.15) is 5.56 Å². The molecule has 0 unspecified atom stereocenters. The van der Waals surface area contributed by atoms with Crippen LogP contribution in [0, 0.1) is 11.3 Å². The first-order chi connectivity index (χ1) is 11.9. The molecule has 0 saturated carbocycles. The minimum Gasteiger partial charge on any atom is -0.497 e. The summed E-state index contributed by atoms with van der Waals surface area (Å²) in [4.78, 5) is 12.3. The lowest BCUT2D eigenvalue weighted by molar-refractivity contribution is -0.112. The Labute approximate surface area is 155 Å². The second kappa shape index (κ2) is 8.43. The lowest BCUT2D eigenvalue weighted by Crippen LogP contribution is -2.13. The first-order valence-corrected chi connectivity index (χ1v) is 7.83. The lowest BCUT2D eigenvalue weighted by Gasteiger charge is -2.07. The van der Waals surface area contributed by atoms with Crippen LogP contribution in [-0.2, 0) is 4.79 Å². The van der Waals surface area contributed by atoms with Gasteiger partial charge in [-0.15, -0.1) is 0 Å². The summed E-state index contributed by atoms with van der Waals surface area (Å²) in [6.45, 7) is 0. The van der Waals surface area contributed by atoms with Crippen LogP contribution < -0.4 is 14.8 Å². The number of carbonyl (C=O) groups excluding carboxylic acids is 1. The Hall–Kier alpha value is -2.68. The molecule has 128 valence electrons. The zero-order chi connectivity index (χ0) is 18.4. The largest absolute Gasteiger partial charge is 0.497 e. The van der Waals surface area contributed by atoms with Gasteiger partial charge in [0, 0.05) is 21.8 Å². The second-order valence-corrected chi connectivity index (χ2v) is 5.80. The Balaban J connectivity index is 2.30. The monoisotopic (exact) mass is 376 g/mol. The smallest absolute Gasteiger partial charge is 0.266 e. The van der Waals surface area contributed by atoms with Crippen molar-refractivity contribution in [1.29, 1.82) is 5.26 Å². The fraction of sp³-hybridized carbons (Fsp3) is 0.111. The fourth-order valence-electron chi connectivity index (χ4n) is 2.05. The molecule has 25 heavy (non-hydrogen) atoms. The first-order valence-electron chi connectivity index (χ1n) is 7.07. The number of anilines is 1. The van der Waals surface area contributed by atoms with Gasteiger partial charge < -0.3 is 14.8 Å². The summed E-state index contributed by atoms with van der Waals surface area (Å²) in [6, 6.07) is 11.6. The minimum atomic E-state index is -0.581. The highest BCUT2D eigenvalue weighted by Crippen LogP contribution is 2.25. The van der Waals surface area contributed by atoms with Crippen LogP contribution in [0.3, 0.4) is 0 Å². The van der Waals surface area contributed by atoms with Crippen LogP contribution in [0.2, 0.25) is 10.0 Å². The number of rotatable bonds is 5. The van der Waals surface area contributed by atoms with Gasteiger partial charge in [0.1, 0.15) is 23.1 Å². The Morgan fingerprint density at radius 2 is 1.60 bits per heavy atom. The van der Waals surface area contributed by atoms with Crippen molar-refractivity contribution in [3.63, 3.8) is 0 Å². The van der Waals surface area contributed by atoms with Gasteiger partial charge in [-0.1, -0.05) is 23.2 Å². The molecule has 0 radical (unpaired) electrons. The number of ether oxygens (including phenoxy) is 2. The number of halogens is 2. The lowest BCUT2D eigenvalue weighted by atomic mass is 10.1. The molecule has 1 amide bonds. The van der Waals surface area contributed by atoms with Gasteiger partial charge in [-0.05, 0) is 42.0 Å². The quantitative estimate of drug-likeness (QED) is 0.613. The number of methoxy groups -OCH3 is 2. The van der Waals surface area contributed by atoms with E-state index in [9.17, 15) is 10.1 Å². The third-order valence-corrected chi connectivity index (χ3v) is 3.61. The Morgan fingerprint density at radius 1 is 1.04 bits per heavy atom. The van der Waals surface area contributed by atoms with Crippen molar-refractivity contribution in [2.24, 2.45) is 0 Å². The van der Waals surface area contributed by atoms with Crippen molar-refractivity contribution < 1.29 is 14.3 Å². The molecule has 7 heteroatoms. The molecule has 0 heterocycles. The van der Waals surface area contributed by atoms with E-state index in [1.165, 1.54) is 32.4 Å². The molecular weight excluding hydrogens is 363 g/mol. The van der Waals surface area contributed by atoms with Gasteiger partial charge in [0.15, 0.2) is 0 Å². The third kappa shape index (κ3) is 5.15. The van der Waals surface area contributed by atoms with Gasteiger partial charge in [-0.25, -0.2) is 0 Å². The van der Waals surface area contributed by atoms with E-state index in [-0.39, 0.29) is 5.57 Å². The molecule has 0 fully saturated rings. The number of nitrogens with one attached hydrogen (secondary N) is 1. The van der Waals surface area contributed by atoms with Crippen molar-refractivity contribution in [2.75, 3.05) is 19.5 Å². The van der Waals surface area contributed by atoms with Crippen molar-refractivity contribution in [1.82, 2.24) is 0 Å². The van der Waals surface area contributed by atoms with Crippen molar-refractivity contribution >= 4 is 40.9 Å². The first kappa shape index (κ1) is 18.7. The van der Waals surface area contributed by atoms with Crippen LogP contribution >= 0.6 is 23.2 Å². The molecule has 2 aromatic carbocycles. The standard InChI is InChI=1S/C18H14Cl2N2O3/c1-24-16-4-11(5-17(9-16)25-2)3-12(10-21)18(23)22-15-7-13(19)6-14(20)8-15/h3-9H,1-2H3,(H,22,23)/b12-3+. The molecule has 1 N–H and O–H groups in total. The van der Waals surface area contributed by atoms with Crippen LogP contribution in [0.4, 0.5) is 5.69 Å². The van der Waals surface area contributed by atoms with E-state index in [1.54, 1.807) is 24.3 Å². The maximum absolute atomic E-state index is 12.3. The molecule has 2 rings (SSSR count). The van der Waals surface area contributed by atoms with Gasteiger partial charge in [0.2, 0.25) is 0 Å². The van der Waals surface area contributed by atoms with Crippen molar-refractivity contribution in [3.8, 4) is 17.6 Å². The molecule has 0 atom stereocenters. The molecule has 0 aliphatic heterocycles. The highest BCUT2D eigenvalue weighted by molar-refractivity contribution is 6.35. The maximum Gasteiger partial charge on any atom is 0.266 e. The summed E-state index contributed by atoms with van der Waals surface area (Å²) in [7, 11) is 3.03. The third-order valence-electron chi connectivity index (χ3n) is 3.17. The number of benzene rings is 2. The highest BCUT2D eigenvalue weighted by Gasteiger charge is 2.11. The zero-order valence-electron chi connectivity index (χ0n) is 13.5. The highest BCUT2D eigenvalue weighted by atomic mass is 35.5. The summed E-state index contributed by atoms with van der Waals surface area (Å²) in [5, 5.41) is 12.7. The van der Waals surface area contributed by atoms with Gasteiger partial charge in [0.25, 0.3) is 5.91 Å². The van der Waals surface area contributed by atoms with Crippen molar-refractivity contribution in [3.05, 3.63) is 57.6 Å². The maximum atomic E-state index is 12.3. The van der Waals surface area contributed by atoms with Gasteiger partial charge in [0.05, 0.1) is 14.2 Å². The Kier molecular flexibility index (Phi) is 6.29. The zero-order valence-corrected chi connectivity index (χ0v) is 15.0. The summed E-state index contributed by atoms with van der Waals surface area (Å²) in [5.74, 6) is 0.512. The topological polar surface area (TPSA) is 71.3 Å². The molecule has 0 bridgehead atoms. The molecule has 0 aliphatic rings. The van der Waals surface area contributed by atoms with Crippen LogP contribution in [0.25, 0.3) is 6.08 Å². The molecule has 0 spiro atoms. The van der Waals surface area contributed by atoms with Crippen LogP contribution in [0.5, 0.6) is 11.5 Å². The van der Waals surface area contributed by atoms with E-state index in [2.05, 4.69) is 5.32 Å². The van der Waals surface area contributed by atoms with E-state index in [0.29, 0.717) is 32.8 Å². The number of hydrogen-bond donors (Lipinski definition) is 1. The molecule has 0 saturated heterocycles. The predicted octanol–water partition coefficient (Wildman–Crippen LogP) is 4.56. The number of nitrogens with zero attached hydrogens (tertiary/aromatic N) is 1. The number of carbonyl (C=O) groups is 1. The second-order valence-electron chi connectivity index (χ2n) is 4.93. The van der Waals surface area contributed by atoms with Gasteiger partial charge in [-0.3, -0.25) is 4.79 Å². The van der Waals surface area contributed by atoms with Crippen LogP contribution in [0.15, 0.2) is 42.0 Å². The van der Waals surface area contributed by atoms with E-state index in [1.807, 2.05) is 6.07 Å². The van der Waals surface area contributed by atoms with Gasteiger partial charge in [-0.2, -0.15) is 5.26 Å². The van der Waals surface area contributed by atoms with Gasteiger partial charge >= 0.3 is 0 Å². The number of nitriles is 1. The molecule has 2 aromatic rings. The van der Waals surface area contributed by atoms with Crippen LogP contribution in [-0.4, -0.2) is 20.1 Å². The number of amides is 1. The average molecular weight is 377 g/mol. The van der Waals surface area contributed by atoms with E-state index in [0.717, 1.165) is 0 Å². The molecule has 5 nitrogen and oxygen atoms in total. The predicted molar refractivity (Wildman–Crippen MR) is 98.2 cm³/mol. The Bertz CT molecular complexity index is 831. The Morgan fingerprint density at radius 3 is 2.08 bits per heavy atom. The fourth-order valence-corrected chi connectivity index (χ4v) is 2.58. The number of hydrogen-bond acceptors (Lipinski definition) is 4. The molecular formula is C18H14Cl2N2O3. The summed E-state index contributed by atoms with van der Waals surface area (Å²) >= 11 is 11.8. The summed E-state index contributed by atoms with van der Waals surface area (Å²) in [5.41, 5.74) is 0.894. The summed E-state index contributed by atoms with van der Waals surface area (Å²) < 4.78 is 10.3. The summed E-state index contributed by atoms with van der Waals surface area (Å²) in [6.07, 6.45) is 1.44. The van der Waals surface area contributed by atoms with E-state index >= 15 is 0 Å². The SMILES string of the molecule is COc1cc(/C=C(\C#N)C(=O)Nc2cc(Cl)cc(Cl)c2)cc(OC)c1. The molecule has 0 aliphatic carbocycles. The van der Waals surface area contributed by atoms with Crippen molar-refractivity contribution in [2.45, 2.75) is 0 Å². The normalized spacial score (nSPS) is 10.8. The minimum absolute atomic E-state index is 0.0913.